The lowest BCUT2D eigenvalue weighted by atomic mass is 9.83. The molecule has 0 atom stereocenters. The number of nitrogens with one attached hydrogen (secondary N) is 1. The molecule has 1 N–H and O–H groups in total. The molecule has 9 nitrogen and oxygen atoms in total. The zero-order valence-corrected chi connectivity index (χ0v) is 17.5. The molecule has 4 amide bonds. The Morgan fingerprint density at radius 1 is 0.871 bits per heavy atom. The van der Waals surface area contributed by atoms with Crippen molar-refractivity contribution >= 4 is 24.0 Å². The Kier molecular flexibility index (Phi) is 6.11. The van der Waals surface area contributed by atoms with Crippen LogP contribution < -0.4 is 5.32 Å². The second-order valence-electron chi connectivity index (χ2n) is 8.28. The van der Waals surface area contributed by atoms with Crippen LogP contribution in [-0.2, 0) is 9.53 Å². The van der Waals surface area contributed by atoms with Crippen molar-refractivity contribution in [1.82, 2.24) is 20.0 Å². The zero-order valence-electron chi connectivity index (χ0n) is 17.5. The first kappa shape index (κ1) is 21.1. The van der Waals surface area contributed by atoms with Gasteiger partial charge in [-0.25, -0.2) is 14.4 Å². The highest BCUT2D eigenvalue weighted by Gasteiger charge is 2.51. The van der Waals surface area contributed by atoms with Gasteiger partial charge in [0.05, 0.1) is 5.56 Å². The lowest BCUT2D eigenvalue weighted by molar-refractivity contribution is -0.145. The van der Waals surface area contributed by atoms with Crippen LogP contribution in [0, 0.1) is 0 Å². The van der Waals surface area contributed by atoms with E-state index in [9.17, 15) is 19.2 Å². The van der Waals surface area contributed by atoms with Crippen molar-refractivity contribution in [1.29, 1.82) is 0 Å². The number of hydrogen-bond donors (Lipinski definition) is 1. The zero-order chi connectivity index (χ0) is 21.8. The van der Waals surface area contributed by atoms with Crippen LogP contribution in [0.1, 0.15) is 42.5 Å². The minimum absolute atomic E-state index is 0.0320. The van der Waals surface area contributed by atoms with E-state index >= 15 is 0 Å². The highest BCUT2D eigenvalue weighted by Crippen LogP contribution is 2.34. The Morgan fingerprint density at radius 2 is 1.55 bits per heavy atom. The van der Waals surface area contributed by atoms with E-state index < -0.39 is 17.6 Å². The van der Waals surface area contributed by atoms with Crippen LogP contribution in [0.4, 0.5) is 9.59 Å². The predicted octanol–water partition coefficient (Wildman–Crippen LogP) is 1.84. The van der Waals surface area contributed by atoms with Gasteiger partial charge >= 0.3 is 18.1 Å². The molecule has 4 rings (SSSR count). The number of carbonyl (C=O) groups is 4. The molecule has 31 heavy (non-hydrogen) atoms. The lowest BCUT2D eigenvalue weighted by Crippen LogP contribution is -2.68. The van der Waals surface area contributed by atoms with E-state index in [-0.39, 0.29) is 25.0 Å². The van der Waals surface area contributed by atoms with Crippen LogP contribution in [0.15, 0.2) is 30.3 Å². The van der Waals surface area contributed by atoms with Crippen LogP contribution in [0.25, 0.3) is 0 Å². The van der Waals surface area contributed by atoms with E-state index in [1.54, 1.807) is 35.2 Å². The number of rotatable bonds is 3. The van der Waals surface area contributed by atoms with Gasteiger partial charge in [-0.1, -0.05) is 18.2 Å². The number of amides is 4. The molecule has 0 bridgehead atoms. The molecule has 0 aliphatic carbocycles. The molecule has 0 unspecified atom stereocenters. The molecule has 0 radical (unpaired) electrons. The summed E-state index contributed by atoms with van der Waals surface area (Å²) in [4.78, 5) is 55.9. The molecule has 3 heterocycles. The standard InChI is InChI=1S/C22H28N4O5/c27-18(17-7-2-1-3-8-17)31-21(30)25-15-9-22(10-16-25,19(28)24-12-4-5-13-24)26-14-6-11-23-20(26)29/h1-3,7-8H,4-6,9-16H2,(H,23,29). The Bertz CT molecular complexity index is 845. The first-order valence-corrected chi connectivity index (χ1v) is 10.9. The quantitative estimate of drug-likeness (QED) is 0.585. The maximum atomic E-state index is 13.5. The van der Waals surface area contributed by atoms with E-state index in [1.165, 1.54) is 4.90 Å². The lowest BCUT2D eigenvalue weighted by Gasteiger charge is -2.49. The summed E-state index contributed by atoms with van der Waals surface area (Å²) in [6.07, 6.45) is 2.63. The third kappa shape index (κ3) is 4.22. The Labute approximate surface area is 181 Å². The second-order valence-corrected chi connectivity index (χ2v) is 8.28. The summed E-state index contributed by atoms with van der Waals surface area (Å²) >= 11 is 0. The number of carbonyl (C=O) groups excluding carboxylic acids is 4. The van der Waals surface area contributed by atoms with Gasteiger partial charge in [0.15, 0.2) is 0 Å². The average Bonchev–Trinajstić information content (AvgIpc) is 3.34. The van der Waals surface area contributed by atoms with Gasteiger partial charge in [0, 0.05) is 39.3 Å². The first-order chi connectivity index (χ1) is 15.0. The third-order valence-electron chi connectivity index (χ3n) is 6.43. The Morgan fingerprint density at radius 3 is 2.19 bits per heavy atom. The molecular weight excluding hydrogens is 400 g/mol. The highest BCUT2D eigenvalue weighted by molar-refractivity contribution is 5.96. The number of piperidine rings is 1. The number of hydrogen-bond acceptors (Lipinski definition) is 5. The number of nitrogens with zero attached hydrogens (tertiary/aromatic N) is 3. The average molecular weight is 428 g/mol. The van der Waals surface area contributed by atoms with Gasteiger partial charge in [-0.05, 0) is 44.2 Å². The largest absolute Gasteiger partial charge is 0.417 e. The molecule has 3 aliphatic heterocycles. The Hall–Kier alpha value is -3.10. The first-order valence-electron chi connectivity index (χ1n) is 10.9. The third-order valence-corrected chi connectivity index (χ3v) is 6.43. The molecule has 9 heteroatoms. The molecule has 0 aromatic heterocycles. The van der Waals surface area contributed by atoms with Gasteiger partial charge in [-0.15, -0.1) is 0 Å². The minimum atomic E-state index is -0.963. The molecule has 166 valence electrons. The van der Waals surface area contributed by atoms with Gasteiger partial charge in [0.1, 0.15) is 5.54 Å². The van der Waals surface area contributed by atoms with Gasteiger partial charge in [-0.2, -0.15) is 0 Å². The fourth-order valence-electron chi connectivity index (χ4n) is 4.69. The van der Waals surface area contributed by atoms with E-state index in [0.717, 1.165) is 19.3 Å². The van der Waals surface area contributed by atoms with Crippen molar-refractivity contribution in [3.05, 3.63) is 35.9 Å². The number of ether oxygens (including phenoxy) is 1. The summed E-state index contributed by atoms with van der Waals surface area (Å²) in [6.45, 7) is 3.00. The SMILES string of the molecule is O=C(OC(=O)N1CCC(C(=O)N2CCCC2)(N2CCCNC2=O)CC1)c1ccccc1. The fraction of sp³-hybridized carbons (Fsp3) is 0.545. The van der Waals surface area contributed by atoms with Crippen molar-refractivity contribution in [3.63, 3.8) is 0 Å². The normalized spacial score (nSPS) is 20.9. The van der Waals surface area contributed by atoms with Gasteiger partial charge < -0.3 is 24.8 Å². The van der Waals surface area contributed by atoms with Crippen molar-refractivity contribution in [3.8, 4) is 0 Å². The predicted molar refractivity (Wildman–Crippen MR) is 111 cm³/mol. The topological polar surface area (TPSA) is 99.3 Å². The van der Waals surface area contributed by atoms with Crippen LogP contribution in [0.3, 0.4) is 0 Å². The maximum absolute atomic E-state index is 13.5. The monoisotopic (exact) mass is 428 g/mol. The minimum Gasteiger partial charge on any atom is -0.372 e. The van der Waals surface area contributed by atoms with Crippen molar-refractivity contribution in [2.75, 3.05) is 39.3 Å². The van der Waals surface area contributed by atoms with Crippen molar-refractivity contribution in [2.45, 2.75) is 37.6 Å². The molecule has 1 aromatic rings. The van der Waals surface area contributed by atoms with Crippen LogP contribution in [0.2, 0.25) is 0 Å². The van der Waals surface area contributed by atoms with Crippen LogP contribution in [0.5, 0.6) is 0 Å². The molecule has 3 fully saturated rings. The number of benzene rings is 1. The van der Waals surface area contributed by atoms with E-state index in [1.807, 2.05) is 4.90 Å². The summed E-state index contributed by atoms with van der Waals surface area (Å²) in [5.74, 6) is -0.735. The van der Waals surface area contributed by atoms with E-state index in [4.69, 9.17) is 4.74 Å². The summed E-state index contributed by atoms with van der Waals surface area (Å²) in [7, 11) is 0. The fourth-order valence-corrected chi connectivity index (χ4v) is 4.69. The smallest absolute Gasteiger partial charge is 0.372 e. The highest BCUT2D eigenvalue weighted by atomic mass is 16.6. The number of esters is 1. The number of likely N-dealkylation sites (tertiary alicyclic amines) is 2. The second kappa shape index (κ2) is 8.95. The molecule has 3 saturated heterocycles. The summed E-state index contributed by atoms with van der Waals surface area (Å²) in [5.41, 5.74) is -0.661. The van der Waals surface area contributed by atoms with E-state index in [2.05, 4.69) is 5.32 Å². The van der Waals surface area contributed by atoms with Gasteiger partial charge in [-0.3, -0.25) is 4.79 Å². The molecular formula is C22H28N4O5. The summed E-state index contributed by atoms with van der Waals surface area (Å²) < 4.78 is 5.03. The van der Waals surface area contributed by atoms with Crippen LogP contribution in [-0.4, -0.2) is 83.5 Å². The summed E-state index contributed by atoms with van der Waals surface area (Å²) in [6, 6.07) is 8.11. The van der Waals surface area contributed by atoms with Crippen molar-refractivity contribution in [2.24, 2.45) is 0 Å². The molecule has 0 saturated carbocycles. The number of urea groups is 1. The van der Waals surface area contributed by atoms with Gasteiger partial charge in [0.2, 0.25) is 5.91 Å². The molecule has 0 spiro atoms. The van der Waals surface area contributed by atoms with E-state index in [0.29, 0.717) is 44.6 Å². The maximum Gasteiger partial charge on any atom is 0.417 e. The Balaban J connectivity index is 1.46. The molecule has 1 aromatic carbocycles. The van der Waals surface area contributed by atoms with Crippen molar-refractivity contribution < 1.29 is 23.9 Å². The van der Waals surface area contributed by atoms with Crippen LogP contribution >= 0.6 is 0 Å². The van der Waals surface area contributed by atoms with Gasteiger partial charge in [0.25, 0.3) is 0 Å². The summed E-state index contributed by atoms with van der Waals surface area (Å²) in [5, 5.41) is 2.84. The molecule has 3 aliphatic rings.